The van der Waals surface area contributed by atoms with Gasteiger partial charge in [0.2, 0.25) is 0 Å². The molecule has 4 heteroatoms. The van der Waals surface area contributed by atoms with Gasteiger partial charge >= 0.3 is 6.03 Å². The van der Waals surface area contributed by atoms with Gasteiger partial charge in [-0.05, 0) is 35.6 Å². The number of benzene rings is 2. The van der Waals surface area contributed by atoms with E-state index in [1.165, 1.54) is 11.1 Å². The zero-order valence-corrected chi connectivity index (χ0v) is 13.9. The molecule has 4 nitrogen and oxygen atoms in total. The van der Waals surface area contributed by atoms with E-state index in [2.05, 4.69) is 48.7 Å². The van der Waals surface area contributed by atoms with Gasteiger partial charge in [0.25, 0.3) is 0 Å². The Morgan fingerprint density at radius 1 is 1.13 bits per heavy atom. The van der Waals surface area contributed by atoms with Gasteiger partial charge in [-0.2, -0.15) is 0 Å². The molecule has 2 rings (SSSR count). The number of carbonyl (C=O) groups is 1. The van der Waals surface area contributed by atoms with Crippen LogP contribution in [0, 0.1) is 0 Å². The third-order valence-electron chi connectivity index (χ3n) is 3.67. The summed E-state index contributed by atoms with van der Waals surface area (Å²) in [6, 6.07) is 15.6. The molecule has 0 aliphatic carbocycles. The fourth-order valence-electron chi connectivity index (χ4n) is 2.27. The smallest absolute Gasteiger partial charge is 0.319 e. The molecule has 2 N–H and O–H groups in total. The lowest BCUT2D eigenvalue weighted by atomic mass is 10.0. The molecule has 0 aliphatic heterocycles. The summed E-state index contributed by atoms with van der Waals surface area (Å²) in [7, 11) is 1.60. The van der Waals surface area contributed by atoms with Crippen LogP contribution < -0.4 is 15.4 Å². The van der Waals surface area contributed by atoms with Crippen LogP contribution in [0.4, 0.5) is 10.5 Å². The highest BCUT2D eigenvalue weighted by Gasteiger charge is 2.03. The van der Waals surface area contributed by atoms with Crippen LogP contribution in [0.15, 0.2) is 48.5 Å². The minimum Gasteiger partial charge on any atom is -0.497 e. The molecular formula is C19H24N2O2. The molecule has 2 amide bonds. The summed E-state index contributed by atoms with van der Waals surface area (Å²) in [5, 5.41) is 5.66. The summed E-state index contributed by atoms with van der Waals surface area (Å²) in [6.07, 6.45) is 0.809. The highest BCUT2D eigenvalue weighted by Crippen LogP contribution is 2.16. The molecule has 0 saturated carbocycles. The molecule has 0 aromatic heterocycles. The summed E-state index contributed by atoms with van der Waals surface area (Å²) in [5.74, 6) is 1.25. The molecule has 0 aliphatic rings. The number of nitrogens with one attached hydrogen (secondary N) is 2. The third-order valence-corrected chi connectivity index (χ3v) is 3.67. The highest BCUT2D eigenvalue weighted by atomic mass is 16.5. The summed E-state index contributed by atoms with van der Waals surface area (Å²) in [5.41, 5.74) is 3.26. The minimum atomic E-state index is -0.211. The summed E-state index contributed by atoms with van der Waals surface area (Å²) in [4.78, 5) is 11.9. The van der Waals surface area contributed by atoms with Crippen molar-refractivity contribution < 1.29 is 9.53 Å². The molecule has 0 bridgehead atoms. The van der Waals surface area contributed by atoms with Crippen molar-refractivity contribution in [1.29, 1.82) is 0 Å². The van der Waals surface area contributed by atoms with Crippen molar-refractivity contribution >= 4 is 11.7 Å². The van der Waals surface area contributed by atoms with Gasteiger partial charge < -0.3 is 15.4 Å². The normalized spacial score (nSPS) is 10.4. The first-order valence-electron chi connectivity index (χ1n) is 7.86. The van der Waals surface area contributed by atoms with E-state index in [1.54, 1.807) is 13.2 Å². The van der Waals surface area contributed by atoms with Crippen LogP contribution in [0.25, 0.3) is 0 Å². The van der Waals surface area contributed by atoms with Crippen molar-refractivity contribution in [3.63, 3.8) is 0 Å². The zero-order valence-electron chi connectivity index (χ0n) is 13.9. The highest BCUT2D eigenvalue weighted by molar-refractivity contribution is 5.89. The lowest BCUT2D eigenvalue weighted by Crippen LogP contribution is -2.30. The van der Waals surface area contributed by atoms with Crippen molar-refractivity contribution in [3.05, 3.63) is 59.7 Å². The summed E-state index contributed by atoms with van der Waals surface area (Å²) in [6.45, 7) is 4.95. The second-order valence-corrected chi connectivity index (χ2v) is 5.76. The maximum Gasteiger partial charge on any atom is 0.319 e. The average Bonchev–Trinajstić information content (AvgIpc) is 2.55. The molecule has 0 unspecified atom stereocenters. The van der Waals surface area contributed by atoms with Gasteiger partial charge in [0.1, 0.15) is 5.75 Å². The van der Waals surface area contributed by atoms with Crippen molar-refractivity contribution in [3.8, 4) is 5.75 Å². The molecule has 0 atom stereocenters. The Balaban J connectivity index is 1.78. The quantitative estimate of drug-likeness (QED) is 0.840. The predicted octanol–water partition coefficient (Wildman–Crippen LogP) is 4.18. The number of amides is 2. The van der Waals surface area contributed by atoms with Gasteiger partial charge in [0, 0.05) is 18.3 Å². The van der Waals surface area contributed by atoms with E-state index in [-0.39, 0.29) is 6.03 Å². The number of rotatable bonds is 6. The summed E-state index contributed by atoms with van der Waals surface area (Å²) < 4.78 is 5.13. The van der Waals surface area contributed by atoms with Gasteiger partial charge in [-0.15, -0.1) is 0 Å². The molecule has 0 heterocycles. The Morgan fingerprint density at radius 3 is 2.52 bits per heavy atom. The standard InChI is InChI=1S/C19H24N2O2/c1-14(2)16-9-7-15(8-10-16)11-12-20-19(22)21-17-5-4-6-18(13-17)23-3/h4-10,13-14H,11-12H2,1-3H3,(H2,20,21,22). The largest absolute Gasteiger partial charge is 0.497 e. The topological polar surface area (TPSA) is 50.4 Å². The number of ether oxygens (including phenoxy) is 1. The molecule has 0 radical (unpaired) electrons. The van der Waals surface area contributed by atoms with Crippen molar-refractivity contribution in [2.75, 3.05) is 19.0 Å². The van der Waals surface area contributed by atoms with Gasteiger partial charge in [-0.3, -0.25) is 0 Å². The van der Waals surface area contributed by atoms with Gasteiger partial charge in [-0.25, -0.2) is 4.79 Å². The molecule has 122 valence electrons. The van der Waals surface area contributed by atoms with Gasteiger partial charge in [0.15, 0.2) is 0 Å². The summed E-state index contributed by atoms with van der Waals surface area (Å²) >= 11 is 0. The van der Waals surface area contributed by atoms with Crippen LogP contribution in [0.5, 0.6) is 5.75 Å². The molecule has 0 saturated heterocycles. The lowest BCUT2D eigenvalue weighted by Gasteiger charge is -2.10. The minimum absolute atomic E-state index is 0.211. The van der Waals surface area contributed by atoms with Crippen molar-refractivity contribution in [2.24, 2.45) is 0 Å². The fourth-order valence-corrected chi connectivity index (χ4v) is 2.27. The Bertz CT molecular complexity index is 636. The van der Waals surface area contributed by atoms with E-state index in [9.17, 15) is 4.79 Å². The lowest BCUT2D eigenvalue weighted by molar-refractivity contribution is 0.252. The Hall–Kier alpha value is -2.49. The maximum atomic E-state index is 11.9. The second kappa shape index (κ2) is 8.22. The van der Waals surface area contributed by atoms with E-state index in [0.717, 1.165) is 6.42 Å². The Labute approximate surface area is 137 Å². The van der Waals surface area contributed by atoms with E-state index in [1.807, 2.05) is 18.2 Å². The monoisotopic (exact) mass is 312 g/mol. The second-order valence-electron chi connectivity index (χ2n) is 5.76. The first-order valence-corrected chi connectivity index (χ1v) is 7.86. The third kappa shape index (κ3) is 5.33. The number of carbonyl (C=O) groups excluding carboxylic acids is 1. The Kier molecular flexibility index (Phi) is 6.03. The molecule has 0 spiro atoms. The fraction of sp³-hybridized carbons (Fsp3) is 0.316. The van der Waals surface area contributed by atoms with Crippen molar-refractivity contribution in [1.82, 2.24) is 5.32 Å². The first kappa shape index (κ1) is 16.9. The first-order chi connectivity index (χ1) is 11.1. The van der Waals surface area contributed by atoms with Crippen LogP contribution in [-0.2, 0) is 6.42 Å². The van der Waals surface area contributed by atoms with Crippen LogP contribution in [0.1, 0.15) is 30.9 Å². The van der Waals surface area contributed by atoms with Crippen LogP contribution in [0.2, 0.25) is 0 Å². The molecule has 2 aromatic carbocycles. The SMILES string of the molecule is COc1cccc(NC(=O)NCCc2ccc(C(C)C)cc2)c1. The average molecular weight is 312 g/mol. The number of urea groups is 1. The molecule has 0 fully saturated rings. The van der Waals surface area contributed by atoms with Crippen molar-refractivity contribution in [2.45, 2.75) is 26.2 Å². The van der Waals surface area contributed by atoms with Crippen LogP contribution >= 0.6 is 0 Å². The molecule has 23 heavy (non-hydrogen) atoms. The molecule has 2 aromatic rings. The van der Waals surface area contributed by atoms with Gasteiger partial charge in [0.05, 0.1) is 7.11 Å². The number of anilines is 1. The molecular weight excluding hydrogens is 288 g/mol. The van der Waals surface area contributed by atoms with E-state index in [0.29, 0.717) is 23.9 Å². The maximum absolute atomic E-state index is 11.9. The Morgan fingerprint density at radius 2 is 1.87 bits per heavy atom. The van der Waals surface area contributed by atoms with Gasteiger partial charge in [-0.1, -0.05) is 44.2 Å². The van der Waals surface area contributed by atoms with E-state index >= 15 is 0 Å². The van der Waals surface area contributed by atoms with Crippen LogP contribution in [0.3, 0.4) is 0 Å². The van der Waals surface area contributed by atoms with E-state index in [4.69, 9.17) is 4.74 Å². The number of hydrogen-bond donors (Lipinski definition) is 2. The van der Waals surface area contributed by atoms with E-state index < -0.39 is 0 Å². The predicted molar refractivity (Wildman–Crippen MR) is 94.3 cm³/mol. The van der Waals surface area contributed by atoms with Crippen LogP contribution in [-0.4, -0.2) is 19.7 Å². The zero-order chi connectivity index (χ0) is 16.7. The number of methoxy groups -OCH3 is 1. The number of hydrogen-bond acceptors (Lipinski definition) is 2.